The van der Waals surface area contributed by atoms with Crippen molar-refractivity contribution in [2.45, 2.75) is 26.2 Å². The third-order valence-corrected chi connectivity index (χ3v) is 5.48. The van der Waals surface area contributed by atoms with Crippen LogP contribution in [0.4, 0.5) is 0 Å². The number of benzene rings is 3. The smallest absolute Gasteiger partial charge is 0.345 e. The fraction of sp³-hybridized carbons (Fsp3) is 0.192. The van der Waals surface area contributed by atoms with Crippen LogP contribution in [-0.4, -0.2) is 25.2 Å². The van der Waals surface area contributed by atoms with E-state index in [0.29, 0.717) is 21.9 Å². The minimum atomic E-state index is -0.647. The molecule has 34 heavy (non-hydrogen) atoms. The van der Waals surface area contributed by atoms with Crippen molar-refractivity contribution in [3.8, 4) is 11.5 Å². The Kier molecular flexibility index (Phi) is 7.97. The van der Waals surface area contributed by atoms with Crippen molar-refractivity contribution in [3.05, 3.63) is 93.0 Å². The molecule has 0 atom stereocenters. The number of carbonyl (C=O) groups excluding carboxylic acids is 2. The zero-order valence-corrected chi connectivity index (χ0v) is 20.7. The molecule has 0 aliphatic carbocycles. The van der Waals surface area contributed by atoms with Gasteiger partial charge in [0.2, 0.25) is 0 Å². The van der Waals surface area contributed by atoms with Gasteiger partial charge in [0.25, 0.3) is 5.91 Å². The van der Waals surface area contributed by atoms with Crippen LogP contribution in [0.3, 0.4) is 0 Å². The summed E-state index contributed by atoms with van der Waals surface area (Å²) in [5.74, 6) is -0.453. The van der Waals surface area contributed by atoms with Gasteiger partial charge in [0.05, 0.1) is 23.9 Å². The van der Waals surface area contributed by atoms with E-state index in [1.165, 1.54) is 25.5 Å². The van der Waals surface area contributed by atoms with E-state index in [1.54, 1.807) is 36.4 Å². The molecule has 0 fully saturated rings. The van der Waals surface area contributed by atoms with E-state index in [2.05, 4.69) is 31.3 Å². The monoisotopic (exact) mass is 498 g/mol. The summed E-state index contributed by atoms with van der Waals surface area (Å²) in [6, 6.07) is 16.8. The number of ether oxygens (including phenoxy) is 2. The Morgan fingerprint density at radius 1 is 0.941 bits per heavy atom. The number of esters is 1. The summed E-state index contributed by atoms with van der Waals surface area (Å²) in [7, 11) is 1.45. The second-order valence-electron chi connectivity index (χ2n) is 8.45. The lowest BCUT2D eigenvalue weighted by molar-refractivity contribution is 0.0729. The van der Waals surface area contributed by atoms with E-state index in [0.717, 1.165) is 5.56 Å². The normalized spacial score (nSPS) is 11.4. The molecule has 0 aliphatic heterocycles. The SMILES string of the molecule is COc1cc(/C=N/NC(=O)c2ccc(C(C)(C)C)cc2)ccc1OC(=O)c1ccc(Cl)cc1Cl. The summed E-state index contributed by atoms with van der Waals surface area (Å²) < 4.78 is 10.8. The van der Waals surface area contributed by atoms with Crippen molar-refractivity contribution in [2.75, 3.05) is 7.11 Å². The van der Waals surface area contributed by atoms with Crippen molar-refractivity contribution in [1.29, 1.82) is 0 Å². The molecule has 3 aromatic rings. The minimum Gasteiger partial charge on any atom is -0.493 e. The Hall–Kier alpha value is -3.35. The van der Waals surface area contributed by atoms with E-state index >= 15 is 0 Å². The van der Waals surface area contributed by atoms with Gasteiger partial charge in [-0.2, -0.15) is 5.10 Å². The van der Waals surface area contributed by atoms with Gasteiger partial charge in [-0.15, -0.1) is 0 Å². The number of hydrogen-bond donors (Lipinski definition) is 1. The molecule has 0 spiro atoms. The summed E-state index contributed by atoms with van der Waals surface area (Å²) in [6.45, 7) is 6.33. The number of methoxy groups -OCH3 is 1. The molecule has 0 saturated carbocycles. The predicted molar refractivity (Wildman–Crippen MR) is 135 cm³/mol. The molecule has 0 radical (unpaired) electrons. The lowest BCUT2D eigenvalue weighted by atomic mass is 9.87. The Bertz CT molecular complexity index is 1230. The highest BCUT2D eigenvalue weighted by Crippen LogP contribution is 2.30. The Morgan fingerprint density at radius 2 is 1.65 bits per heavy atom. The largest absolute Gasteiger partial charge is 0.493 e. The first kappa shape index (κ1) is 25.3. The first-order chi connectivity index (χ1) is 16.1. The number of hydrogen-bond acceptors (Lipinski definition) is 5. The van der Waals surface area contributed by atoms with Crippen LogP contribution in [-0.2, 0) is 5.41 Å². The van der Waals surface area contributed by atoms with Gasteiger partial charge in [-0.05, 0) is 65.1 Å². The molecule has 176 valence electrons. The van der Waals surface area contributed by atoms with Crippen LogP contribution >= 0.6 is 23.2 Å². The fourth-order valence-corrected chi connectivity index (χ4v) is 3.50. The fourth-order valence-electron chi connectivity index (χ4n) is 3.01. The number of rotatable bonds is 6. The highest BCUT2D eigenvalue weighted by Gasteiger charge is 2.16. The molecule has 8 heteroatoms. The quantitative estimate of drug-likeness (QED) is 0.187. The third-order valence-electron chi connectivity index (χ3n) is 4.93. The van der Waals surface area contributed by atoms with Crippen LogP contribution in [0.25, 0.3) is 0 Å². The topological polar surface area (TPSA) is 77.0 Å². The number of hydrazone groups is 1. The molecule has 6 nitrogen and oxygen atoms in total. The second kappa shape index (κ2) is 10.7. The van der Waals surface area contributed by atoms with E-state index in [-0.39, 0.29) is 27.7 Å². The molecule has 3 rings (SSSR count). The number of halogens is 2. The number of carbonyl (C=O) groups is 2. The first-order valence-corrected chi connectivity index (χ1v) is 11.1. The molecule has 0 saturated heterocycles. The zero-order valence-electron chi connectivity index (χ0n) is 19.2. The van der Waals surface area contributed by atoms with Crippen LogP contribution in [0.1, 0.15) is 52.6 Å². The average molecular weight is 499 g/mol. The van der Waals surface area contributed by atoms with Gasteiger partial charge in [0, 0.05) is 10.6 Å². The Labute approximate surface area is 208 Å². The van der Waals surface area contributed by atoms with Crippen molar-refractivity contribution in [1.82, 2.24) is 5.43 Å². The van der Waals surface area contributed by atoms with Crippen molar-refractivity contribution in [3.63, 3.8) is 0 Å². The third kappa shape index (κ3) is 6.37. The van der Waals surface area contributed by atoms with Crippen LogP contribution in [0.5, 0.6) is 11.5 Å². The van der Waals surface area contributed by atoms with Gasteiger partial charge in [-0.3, -0.25) is 4.79 Å². The maximum atomic E-state index is 12.5. The van der Waals surface area contributed by atoms with Gasteiger partial charge in [-0.1, -0.05) is 56.1 Å². The lowest BCUT2D eigenvalue weighted by Crippen LogP contribution is -2.18. The van der Waals surface area contributed by atoms with Crippen molar-refractivity contribution in [2.24, 2.45) is 5.10 Å². The van der Waals surface area contributed by atoms with Crippen molar-refractivity contribution < 1.29 is 19.1 Å². The maximum absolute atomic E-state index is 12.5. The Balaban J connectivity index is 1.67. The summed E-state index contributed by atoms with van der Waals surface area (Å²) in [5.41, 5.74) is 4.96. The van der Waals surface area contributed by atoms with Crippen LogP contribution in [0, 0.1) is 0 Å². The minimum absolute atomic E-state index is 0.00772. The highest BCUT2D eigenvalue weighted by molar-refractivity contribution is 6.36. The van der Waals surface area contributed by atoms with Gasteiger partial charge < -0.3 is 9.47 Å². The lowest BCUT2D eigenvalue weighted by Gasteiger charge is -2.18. The second-order valence-corrected chi connectivity index (χ2v) is 9.29. The van der Waals surface area contributed by atoms with Gasteiger partial charge in [0.15, 0.2) is 11.5 Å². The molecular formula is C26H24Cl2N2O4. The van der Waals surface area contributed by atoms with E-state index in [9.17, 15) is 9.59 Å². The average Bonchev–Trinajstić information content (AvgIpc) is 2.79. The molecule has 0 unspecified atom stereocenters. The molecular weight excluding hydrogens is 475 g/mol. The first-order valence-electron chi connectivity index (χ1n) is 10.4. The molecule has 0 bridgehead atoms. The molecule has 0 aliphatic rings. The summed E-state index contributed by atoms with van der Waals surface area (Å²) >= 11 is 11.9. The maximum Gasteiger partial charge on any atom is 0.345 e. The van der Waals surface area contributed by atoms with Crippen LogP contribution in [0.2, 0.25) is 10.0 Å². The highest BCUT2D eigenvalue weighted by atomic mass is 35.5. The summed E-state index contributed by atoms with van der Waals surface area (Å²) in [6.07, 6.45) is 1.46. The number of nitrogens with zero attached hydrogens (tertiary/aromatic N) is 1. The van der Waals surface area contributed by atoms with Crippen LogP contribution < -0.4 is 14.9 Å². The standard InChI is InChI=1S/C26H24Cl2N2O4/c1-26(2,3)18-8-6-17(7-9-18)24(31)30-29-15-16-5-12-22(23(13-16)33-4)34-25(32)20-11-10-19(27)14-21(20)28/h5-15H,1-4H3,(H,30,31)/b29-15+. The van der Waals surface area contributed by atoms with Gasteiger partial charge in [0.1, 0.15) is 0 Å². The predicted octanol–water partition coefficient (Wildman–Crippen LogP) is 6.28. The van der Waals surface area contributed by atoms with E-state index in [4.69, 9.17) is 32.7 Å². The number of nitrogens with one attached hydrogen (secondary N) is 1. The Morgan fingerprint density at radius 3 is 2.26 bits per heavy atom. The van der Waals surface area contributed by atoms with Crippen LogP contribution in [0.15, 0.2) is 65.8 Å². The summed E-state index contributed by atoms with van der Waals surface area (Å²) in [5, 5.41) is 4.60. The summed E-state index contributed by atoms with van der Waals surface area (Å²) in [4.78, 5) is 24.8. The van der Waals surface area contributed by atoms with Crippen molar-refractivity contribution >= 4 is 41.3 Å². The molecule has 0 aromatic heterocycles. The molecule has 3 aromatic carbocycles. The molecule has 1 amide bonds. The van der Waals surface area contributed by atoms with E-state index in [1.807, 2.05) is 12.1 Å². The van der Waals surface area contributed by atoms with E-state index < -0.39 is 5.97 Å². The molecule has 0 heterocycles. The molecule has 1 N–H and O–H groups in total. The zero-order chi connectivity index (χ0) is 24.9. The number of amides is 1. The van der Waals surface area contributed by atoms with Gasteiger partial charge >= 0.3 is 5.97 Å². The van der Waals surface area contributed by atoms with Gasteiger partial charge in [-0.25, -0.2) is 10.2 Å².